The minimum absolute atomic E-state index is 0.0602. The summed E-state index contributed by atoms with van der Waals surface area (Å²) in [6.45, 7) is 6.70. The van der Waals surface area contributed by atoms with E-state index in [-0.39, 0.29) is 5.91 Å². The van der Waals surface area contributed by atoms with Gasteiger partial charge in [-0.25, -0.2) is 0 Å². The Hall–Kier alpha value is -0.610. The number of likely N-dealkylation sites (N-methyl/N-ethyl adjacent to an activating group) is 1. The molecule has 0 radical (unpaired) electrons. The Morgan fingerprint density at radius 3 is 2.60 bits per heavy atom. The Labute approximate surface area is 91.6 Å². The fourth-order valence-electron chi connectivity index (χ4n) is 1.90. The topological polar surface area (TPSA) is 52.6 Å². The van der Waals surface area contributed by atoms with Crippen LogP contribution in [-0.2, 0) is 4.79 Å². The van der Waals surface area contributed by atoms with Gasteiger partial charge in [-0.15, -0.1) is 0 Å². The molecule has 0 aliphatic carbocycles. The Balaban J connectivity index is 2.68. The number of aliphatic hydroxyl groups is 1. The van der Waals surface area contributed by atoms with Gasteiger partial charge in [-0.1, -0.05) is 0 Å². The zero-order valence-corrected chi connectivity index (χ0v) is 10.1. The van der Waals surface area contributed by atoms with E-state index in [9.17, 15) is 9.90 Å². The van der Waals surface area contributed by atoms with E-state index in [1.54, 1.807) is 18.9 Å². The number of piperidine rings is 1. The molecule has 1 rings (SSSR count). The first-order chi connectivity index (χ1) is 6.78. The molecular formula is C11H22N2O2. The lowest BCUT2D eigenvalue weighted by molar-refractivity contribution is -0.143. The number of likely N-dealkylation sites (tertiary alicyclic amines) is 1. The first-order valence-corrected chi connectivity index (χ1v) is 5.49. The number of amides is 1. The van der Waals surface area contributed by atoms with Gasteiger partial charge in [0.1, 0.15) is 0 Å². The summed E-state index contributed by atoms with van der Waals surface area (Å²) in [5.41, 5.74) is -1.27. The van der Waals surface area contributed by atoms with Gasteiger partial charge in [-0.05, 0) is 40.7 Å². The summed E-state index contributed by atoms with van der Waals surface area (Å²) in [5, 5.41) is 12.9. The van der Waals surface area contributed by atoms with Crippen LogP contribution in [0.5, 0.6) is 0 Å². The summed E-state index contributed by atoms with van der Waals surface area (Å²) in [5.74, 6) is 0.0602. The van der Waals surface area contributed by atoms with Crippen molar-refractivity contribution in [2.45, 2.75) is 44.8 Å². The first-order valence-electron chi connectivity index (χ1n) is 5.49. The van der Waals surface area contributed by atoms with Gasteiger partial charge in [0, 0.05) is 13.1 Å². The van der Waals surface area contributed by atoms with Crippen LogP contribution in [-0.4, -0.2) is 47.2 Å². The minimum atomic E-state index is -0.724. The Morgan fingerprint density at radius 2 is 2.13 bits per heavy atom. The average molecular weight is 214 g/mol. The van der Waals surface area contributed by atoms with Crippen molar-refractivity contribution in [1.29, 1.82) is 0 Å². The molecule has 1 atom stereocenters. The summed E-state index contributed by atoms with van der Waals surface area (Å²) in [4.78, 5) is 13.8. The van der Waals surface area contributed by atoms with E-state index in [0.717, 1.165) is 19.4 Å². The van der Waals surface area contributed by atoms with Gasteiger partial charge in [0.2, 0.25) is 5.91 Å². The molecule has 1 aliphatic heterocycles. The van der Waals surface area contributed by atoms with Crippen LogP contribution in [0.1, 0.15) is 33.6 Å². The van der Waals surface area contributed by atoms with Crippen LogP contribution in [0.15, 0.2) is 0 Å². The van der Waals surface area contributed by atoms with Crippen LogP contribution < -0.4 is 5.32 Å². The molecule has 1 aliphatic rings. The molecule has 0 saturated carbocycles. The van der Waals surface area contributed by atoms with Gasteiger partial charge in [0.05, 0.1) is 11.1 Å². The third-order valence-corrected chi connectivity index (χ3v) is 3.12. The van der Waals surface area contributed by atoms with Crippen LogP contribution >= 0.6 is 0 Å². The molecular weight excluding hydrogens is 192 g/mol. The number of hydrogen-bond acceptors (Lipinski definition) is 3. The van der Waals surface area contributed by atoms with E-state index in [4.69, 9.17) is 0 Å². The zero-order valence-electron chi connectivity index (χ0n) is 10.1. The first kappa shape index (κ1) is 12.5. The number of β-amino-alcohol motifs (C(OH)–C–C–N with tert-alkyl or cyclic N) is 1. The highest BCUT2D eigenvalue weighted by molar-refractivity contribution is 5.85. The number of carbonyl (C=O) groups excluding carboxylic acids is 1. The third-order valence-electron chi connectivity index (χ3n) is 3.12. The van der Waals surface area contributed by atoms with Crippen molar-refractivity contribution in [3.8, 4) is 0 Å². The van der Waals surface area contributed by atoms with Crippen molar-refractivity contribution >= 4 is 5.91 Å². The number of carbonyl (C=O) groups is 1. The van der Waals surface area contributed by atoms with Crippen molar-refractivity contribution in [2.24, 2.45) is 0 Å². The molecule has 1 saturated heterocycles. The highest BCUT2D eigenvalue weighted by atomic mass is 16.3. The van der Waals surface area contributed by atoms with E-state index < -0.39 is 11.1 Å². The second-order valence-electron chi connectivity index (χ2n) is 5.20. The Morgan fingerprint density at radius 1 is 1.53 bits per heavy atom. The molecule has 15 heavy (non-hydrogen) atoms. The standard InChI is InChI=1S/C11H22N2O2/c1-10(2,12-4)9(14)13-7-5-6-11(3,15)8-13/h12,15H,5-8H2,1-4H3. The molecule has 1 unspecified atom stereocenters. The van der Waals surface area contributed by atoms with Gasteiger partial charge in [0.15, 0.2) is 0 Å². The second kappa shape index (κ2) is 4.10. The highest BCUT2D eigenvalue weighted by Gasteiger charge is 2.36. The fraction of sp³-hybridized carbons (Fsp3) is 0.909. The smallest absolute Gasteiger partial charge is 0.242 e. The van der Waals surface area contributed by atoms with E-state index in [1.165, 1.54) is 0 Å². The largest absolute Gasteiger partial charge is 0.388 e. The number of hydrogen-bond donors (Lipinski definition) is 2. The molecule has 0 aromatic carbocycles. The maximum Gasteiger partial charge on any atom is 0.242 e. The molecule has 1 fully saturated rings. The number of nitrogens with one attached hydrogen (secondary N) is 1. The van der Waals surface area contributed by atoms with Gasteiger partial charge in [-0.3, -0.25) is 4.79 Å². The van der Waals surface area contributed by atoms with Crippen molar-refractivity contribution in [2.75, 3.05) is 20.1 Å². The average Bonchev–Trinajstić information content (AvgIpc) is 2.15. The van der Waals surface area contributed by atoms with Crippen LogP contribution in [0.25, 0.3) is 0 Å². The lowest BCUT2D eigenvalue weighted by atomic mass is 9.93. The maximum absolute atomic E-state index is 12.1. The summed E-state index contributed by atoms with van der Waals surface area (Å²) < 4.78 is 0. The lowest BCUT2D eigenvalue weighted by Gasteiger charge is -2.40. The summed E-state index contributed by atoms with van der Waals surface area (Å²) in [7, 11) is 1.78. The van der Waals surface area contributed by atoms with Gasteiger partial charge in [-0.2, -0.15) is 0 Å². The lowest BCUT2D eigenvalue weighted by Crippen LogP contribution is -2.58. The van der Waals surface area contributed by atoms with Gasteiger partial charge >= 0.3 is 0 Å². The maximum atomic E-state index is 12.1. The number of rotatable bonds is 2. The Bertz CT molecular complexity index is 249. The van der Waals surface area contributed by atoms with Crippen LogP contribution in [0.2, 0.25) is 0 Å². The van der Waals surface area contributed by atoms with E-state index in [2.05, 4.69) is 5.32 Å². The summed E-state index contributed by atoms with van der Waals surface area (Å²) in [6, 6.07) is 0. The highest BCUT2D eigenvalue weighted by Crippen LogP contribution is 2.22. The van der Waals surface area contributed by atoms with Crippen molar-refractivity contribution in [3.05, 3.63) is 0 Å². The predicted molar refractivity (Wildman–Crippen MR) is 59.6 cm³/mol. The molecule has 0 bridgehead atoms. The molecule has 2 N–H and O–H groups in total. The summed E-state index contributed by atoms with van der Waals surface area (Å²) in [6.07, 6.45) is 1.65. The second-order valence-corrected chi connectivity index (χ2v) is 5.20. The van der Waals surface area contributed by atoms with Gasteiger partial charge in [0.25, 0.3) is 0 Å². The molecule has 1 heterocycles. The zero-order chi connectivity index (χ0) is 11.7. The van der Waals surface area contributed by atoms with Crippen molar-refractivity contribution in [1.82, 2.24) is 10.2 Å². The third kappa shape index (κ3) is 2.92. The van der Waals surface area contributed by atoms with E-state index in [0.29, 0.717) is 6.54 Å². The predicted octanol–water partition coefficient (Wildman–Crippen LogP) is 0.358. The number of nitrogens with zero attached hydrogens (tertiary/aromatic N) is 1. The minimum Gasteiger partial charge on any atom is -0.388 e. The monoisotopic (exact) mass is 214 g/mol. The van der Waals surface area contributed by atoms with E-state index >= 15 is 0 Å². The SMILES string of the molecule is CNC(C)(C)C(=O)N1CCCC(C)(O)C1. The molecule has 0 aromatic heterocycles. The fourth-order valence-corrected chi connectivity index (χ4v) is 1.90. The molecule has 88 valence electrons. The summed E-state index contributed by atoms with van der Waals surface area (Å²) >= 11 is 0. The molecule has 4 heteroatoms. The van der Waals surface area contributed by atoms with Crippen LogP contribution in [0, 0.1) is 0 Å². The quantitative estimate of drug-likeness (QED) is 0.698. The Kier molecular flexibility index (Phi) is 3.41. The molecule has 0 aromatic rings. The van der Waals surface area contributed by atoms with E-state index in [1.807, 2.05) is 13.8 Å². The molecule has 1 amide bonds. The van der Waals surface area contributed by atoms with Crippen LogP contribution in [0.4, 0.5) is 0 Å². The normalized spacial score (nSPS) is 27.9. The molecule has 0 spiro atoms. The van der Waals surface area contributed by atoms with Crippen LogP contribution in [0.3, 0.4) is 0 Å². The van der Waals surface area contributed by atoms with Crippen molar-refractivity contribution in [3.63, 3.8) is 0 Å². The molecule has 4 nitrogen and oxygen atoms in total. The van der Waals surface area contributed by atoms with Crippen molar-refractivity contribution < 1.29 is 9.90 Å². The van der Waals surface area contributed by atoms with Gasteiger partial charge < -0.3 is 15.3 Å².